The van der Waals surface area contributed by atoms with Gasteiger partial charge in [-0.05, 0) is 49.1 Å². The maximum absolute atomic E-state index is 13.3. The second-order valence-electron chi connectivity index (χ2n) is 7.43. The standard InChI is InChI=1S/C22H24N4O3S2/c1-2-7-16-11-13-18(14-12-16)31(28,29)26-15-6-10-19(26)21-24-25-22(30-21)20(27)23-17-8-4-3-5-9-17/h3-5,8-9,11-14,19H,2,6-7,10,15H2,1H3,(H,23,27)/t19-/m1/s1. The summed E-state index contributed by atoms with van der Waals surface area (Å²) >= 11 is 1.14. The molecule has 2 aromatic carbocycles. The lowest BCUT2D eigenvalue weighted by atomic mass is 10.1. The molecule has 31 heavy (non-hydrogen) atoms. The molecule has 0 aliphatic carbocycles. The maximum Gasteiger partial charge on any atom is 0.286 e. The van der Waals surface area contributed by atoms with Gasteiger partial charge in [0.25, 0.3) is 5.91 Å². The number of anilines is 1. The molecule has 1 aromatic heterocycles. The molecule has 1 aliphatic rings. The Morgan fingerprint density at radius 2 is 1.87 bits per heavy atom. The van der Waals surface area contributed by atoms with E-state index in [1.807, 2.05) is 30.3 Å². The molecule has 1 saturated heterocycles. The molecule has 4 rings (SSSR count). The van der Waals surface area contributed by atoms with E-state index in [0.29, 0.717) is 23.7 Å². The SMILES string of the molecule is CCCc1ccc(S(=O)(=O)N2CCC[C@@H]2c2nnc(C(=O)Nc3ccccc3)s2)cc1. The Morgan fingerprint density at radius 1 is 1.13 bits per heavy atom. The summed E-state index contributed by atoms with van der Waals surface area (Å²) in [7, 11) is -3.66. The smallest absolute Gasteiger partial charge is 0.286 e. The van der Waals surface area contributed by atoms with Crippen molar-refractivity contribution in [3.05, 3.63) is 70.2 Å². The highest BCUT2D eigenvalue weighted by Crippen LogP contribution is 2.37. The quantitative estimate of drug-likeness (QED) is 0.573. The van der Waals surface area contributed by atoms with Crippen molar-refractivity contribution in [2.24, 2.45) is 0 Å². The molecule has 2 heterocycles. The number of hydrogen-bond donors (Lipinski definition) is 1. The number of rotatable bonds is 7. The van der Waals surface area contributed by atoms with Crippen molar-refractivity contribution in [2.45, 2.75) is 43.5 Å². The predicted molar refractivity (Wildman–Crippen MR) is 121 cm³/mol. The van der Waals surface area contributed by atoms with Crippen LogP contribution in [-0.2, 0) is 16.4 Å². The van der Waals surface area contributed by atoms with E-state index in [-0.39, 0.29) is 15.8 Å². The summed E-state index contributed by atoms with van der Waals surface area (Å²) < 4.78 is 28.0. The van der Waals surface area contributed by atoms with E-state index in [1.165, 1.54) is 4.31 Å². The lowest BCUT2D eigenvalue weighted by Crippen LogP contribution is -2.30. The van der Waals surface area contributed by atoms with Crippen LogP contribution in [-0.4, -0.2) is 35.4 Å². The Balaban J connectivity index is 1.52. The molecule has 1 atom stereocenters. The van der Waals surface area contributed by atoms with Gasteiger partial charge in [-0.2, -0.15) is 4.31 Å². The van der Waals surface area contributed by atoms with Gasteiger partial charge in [-0.15, -0.1) is 10.2 Å². The minimum Gasteiger partial charge on any atom is -0.320 e. The molecule has 0 radical (unpaired) electrons. The molecule has 1 N–H and O–H groups in total. The van der Waals surface area contributed by atoms with Gasteiger partial charge >= 0.3 is 0 Å². The van der Waals surface area contributed by atoms with E-state index in [1.54, 1.807) is 24.3 Å². The Labute approximate surface area is 186 Å². The fraction of sp³-hybridized carbons (Fsp3) is 0.318. The van der Waals surface area contributed by atoms with Crippen molar-refractivity contribution >= 4 is 33.0 Å². The number of hydrogen-bond acceptors (Lipinski definition) is 6. The number of aryl methyl sites for hydroxylation is 1. The number of benzene rings is 2. The molecule has 0 saturated carbocycles. The van der Waals surface area contributed by atoms with Crippen molar-refractivity contribution in [1.82, 2.24) is 14.5 Å². The van der Waals surface area contributed by atoms with Gasteiger partial charge in [0.05, 0.1) is 10.9 Å². The van der Waals surface area contributed by atoms with Crippen LogP contribution >= 0.6 is 11.3 Å². The summed E-state index contributed by atoms with van der Waals surface area (Å²) in [5.41, 5.74) is 1.79. The van der Waals surface area contributed by atoms with Crippen molar-refractivity contribution in [3.8, 4) is 0 Å². The first-order valence-electron chi connectivity index (χ1n) is 10.3. The molecule has 1 aliphatic heterocycles. The van der Waals surface area contributed by atoms with Gasteiger partial charge in [-0.1, -0.05) is 55.0 Å². The van der Waals surface area contributed by atoms with Gasteiger partial charge in [0, 0.05) is 12.2 Å². The topological polar surface area (TPSA) is 92.3 Å². The largest absolute Gasteiger partial charge is 0.320 e. The van der Waals surface area contributed by atoms with Crippen molar-refractivity contribution in [1.29, 1.82) is 0 Å². The van der Waals surface area contributed by atoms with E-state index in [0.717, 1.165) is 36.2 Å². The van der Waals surface area contributed by atoms with Gasteiger partial charge in [0.15, 0.2) is 0 Å². The highest BCUT2D eigenvalue weighted by Gasteiger charge is 2.38. The average molecular weight is 457 g/mol. The molecule has 1 fully saturated rings. The van der Waals surface area contributed by atoms with E-state index in [2.05, 4.69) is 22.4 Å². The zero-order valence-electron chi connectivity index (χ0n) is 17.2. The normalized spacial score (nSPS) is 17.0. The summed E-state index contributed by atoms with van der Waals surface area (Å²) in [5.74, 6) is -0.353. The van der Waals surface area contributed by atoms with Gasteiger partial charge in [0.2, 0.25) is 15.0 Å². The second kappa shape index (κ2) is 9.25. The first kappa shape index (κ1) is 21.6. The molecular formula is C22H24N4O3S2. The van der Waals surface area contributed by atoms with Gasteiger partial charge < -0.3 is 5.32 Å². The van der Waals surface area contributed by atoms with E-state index in [9.17, 15) is 13.2 Å². The first-order valence-corrected chi connectivity index (χ1v) is 12.6. The monoisotopic (exact) mass is 456 g/mol. The van der Waals surface area contributed by atoms with E-state index >= 15 is 0 Å². The van der Waals surface area contributed by atoms with Gasteiger partial charge in [0.1, 0.15) is 5.01 Å². The zero-order valence-corrected chi connectivity index (χ0v) is 18.8. The minimum absolute atomic E-state index is 0.215. The van der Waals surface area contributed by atoms with Gasteiger partial charge in [-0.25, -0.2) is 8.42 Å². The number of amides is 1. The summed E-state index contributed by atoms with van der Waals surface area (Å²) in [6.07, 6.45) is 3.33. The van der Waals surface area contributed by atoms with Crippen LogP contribution in [0.1, 0.15) is 52.6 Å². The van der Waals surface area contributed by atoms with Crippen molar-refractivity contribution in [3.63, 3.8) is 0 Å². The average Bonchev–Trinajstić information content (AvgIpc) is 3.45. The third-order valence-corrected chi connectivity index (χ3v) is 8.17. The van der Waals surface area contributed by atoms with Crippen LogP contribution in [0.5, 0.6) is 0 Å². The fourth-order valence-electron chi connectivity index (χ4n) is 3.69. The number of nitrogens with zero attached hydrogens (tertiary/aromatic N) is 3. The molecule has 162 valence electrons. The molecule has 0 unspecified atom stereocenters. The Morgan fingerprint density at radius 3 is 2.58 bits per heavy atom. The van der Waals surface area contributed by atoms with E-state index in [4.69, 9.17) is 0 Å². The molecular weight excluding hydrogens is 432 g/mol. The Bertz CT molecular complexity index is 1150. The summed E-state index contributed by atoms with van der Waals surface area (Å²) in [5, 5.41) is 11.7. The molecule has 9 heteroatoms. The maximum atomic E-state index is 13.3. The predicted octanol–water partition coefficient (Wildman–Crippen LogP) is 4.27. The van der Waals surface area contributed by atoms with Crippen LogP contribution in [0.15, 0.2) is 59.5 Å². The van der Waals surface area contributed by atoms with Crippen LogP contribution in [0, 0.1) is 0 Å². The Hall–Kier alpha value is -2.62. The number of para-hydroxylation sites is 1. The Kier molecular flexibility index (Phi) is 6.45. The minimum atomic E-state index is -3.66. The number of carbonyl (C=O) groups excluding carboxylic acids is 1. The third kappa shape index (κ3) is 4.68. The van der Waals surface area contributed by atoms with Crippen LogP contribution in [0.4, 0.5) is 5.69 Å². The number of carbonyl (C=O) groups is 1. The van der Waals surface area contributed by atoms with Crippen LogP contribution < -0.4 is 5.32 Å². The third-order valence-electron chi connectivity index (χ3n) is 5.22. The summed E-state index contributed by atoms with van der Waals surface area (Å²) in [6, 6.07) is 15.8. The molecule has 0 spiro atoms. The molecule has 1 amide bonds. The lowest BCUT2D eigenvalue weighted by Gasteiger charge is -2.22. The highest BCUT2D eigenvalue weighted by molar-refractivity contribution is 7.89. The van der Waals surface area contributed by atoms with Gasteiger partial charge in [-0.3, -0.25) is 4.79 Å². The highest BCUT2D eigenvalue weighted by atomic mass is 32.2. The first-order chi connectivity index (χ1) is 15.0. The van der Waals surface area contributed by atoms with E-state index < -0.39 is 16.1 Å². The van der Waals surface area contributed by atoms with Crippen LogP contribution in [0.2, 0.25) is 0 Å². The molecule has 3 aromatic rings. The van der Waals surface area contributed by atoms with Crippen molar-refractivity contribution in [2.75, 3.05) is 11.9 Å². The number of aromatic nitrogens is 2. The molecule has 0 bridgehead atoms. The number of sulfonamides is 1. The second-order valence-corrected chi connectivity index (χ2v) is 10.3. The zero-order chi connectivity index (χ0) is 21.8. The lowest BCUT2D eigenvalue weighted by molar-refractivity contribution is 0.102. The molecule has 7 nitrogen and oxygen atoms in total. The summed E-state index contributed by atoms with van der Waals surface area (Å²) in [6.45, 7) is 2.52. The van der Waals surface area contributed by atoms with Crippen LogP contribution in [0.3, 0.4) is 0 Å². The van der Waals surface area contributed by atoms with Crippen LogP contribution in [0.25, 0.3) is 0 Å². The summed E-state index contributed by atoms with van der Waals surface area (Å²) in [4.78, 5) is 12.8. The van der Waals surface area contributed by atoms with Crippen molar-refractivity contribution < 1.29 is 13.2 Å². The fourth-order valence-corrected chi connectivity index (χ4v) is 6.31. The number of nitrogens with one attached hydrogen (secondary N) is 1.